The van der Waals surface area contributed by atoms with Crippen molar-refractivity contribution < 1.29 is 4.74 Å². The first-order valence-corrected chi connectivity index (χ1v) is 4.93. The minimum absolute atomic E-state index is 0.213. The van der Waals surface area contributed by atoms with Gasteiger partial charge in [0.05, 0.1) is 6.10 Å². The molecule has 13 heavy (non-hydrogen) atoms. The summed E-state index contributed by atoms with van der Waals surface area (Å²) in [6.45, 7) is 4.67. The predicted molar refractivity (Wildman–Crippen MR) is 50.5 cm³/mol. The number of nitrogens with one attached hydrogen (secondary N) is 1. The fourth-order valence-corrected chi connectivity index (χ4v) is 2.51. The lowest BCUT2D eigenvalue weighted by Gasteiger charge is -2.53. The second kappa shape index (κ2) is 3.18. The van der Waals surface area contributed by atoms with E-state index in [9.17, 15) is 0 Å². The van der Waals surface area contributed by atoms with Crippen LogP contribution in [0.5, 0.6) is 0 Å². The lowest BCUT2D eigenvalue weighted by molar-refractivity contribution is -0.128. The van der Waals surface area contributed by atoms with Crippen LogP contribution in [0.3, 0.4) is 0 Å². The molecule has 2 bridgehead atoms. The van der Waals surface area contributed by atoms with Crippen molar-refractivity contribution in [3.8, 4) is 0 Å². The fourth-order valence-electron chi connectivity index (χ4n) is 2.51. The van der Waals surface area contributed by atoms with Gasteiger partial charge < -0.3 is 15.4 Å². The Morgan fingerprint density at radius 3 is 2.62 bits per heavy atom. The van der Waals surface area contributed by atoms with Gasteiger partial charge in [0, 0.05) is 31.5 Å². The number of nitrogens with two attached hydrogens (primary N) is 1. The van der Waals surface area contributed by atoms with E-state index in [4.69, 9.17) is 15.9 Å². The Labute approximate surface area is 78.5 Å². The monoisotopic (exact) mass is 183 g/mol. The maximum atomic E-state index is 7.33. The average Bonchev–Trinajstić information content (AvgIpc) is 2.14. The number of hydrogen-bond donors (Lipinski definition) is 2. The van der Waals surface area contributed by atoms with E-state index < -0.39 is 0 Å². The van der Waals surface area contributed by atoms with Crippen LogP contribution in [0.25, 0.3) is 0 Å². The Morgan fingerprint density at radius 1 is 1.54 bits per heavy atom. The molecule has 0 aromatic carbocycles. The SMILES string of the molecule is CCOC1C2CC1CN(C(=N)N)C2. The number of rotatable bonds is 2. The third-order valence-corrected chi connectivity index (χ3v) is 3.14. The Hall–Kier alpha value is -0.770. The van der Waals surface area contributed by atoms with Gasteiger partial charge in [-0.05, 0) is 13.3 Å². The summed E-state index contributed by atoms with van der Waals surface area (Å²) in [5.74, 6) is 1.44. The highest BCUT2D eigenvalue weighted by Crippen LogP contribution is 2.41. The van der Waals surface area contributed by atoms with E-state index in [-0.39, 0.29) is 5.96 Å². The summed E-state index contributed by atoms with van der Waals surface area (Å²) >= 11 is 0. The Bertz CT molecular complexity index is 207. The van der Waals surface area contributed by atoms with Crippen molar-refractivity contribution in [2.24, 2.45) is 17.6 Å². The average molecular weight is 183 g/mol. The minimum atomic E-state index is 0.213. The van der Waals surface area contributed by atoms with Crippen molar-refractivity contribution in [3.05, 3.63) is 0 Å². The van der Waals surface area contributed by atoms with Crippen molar-refractivity contribution >= 4 is 5.96 Å². The van der Waals surface area contributed by atoms with E-state index in [0.29, 0.717) is 17.9 Å². The van der Waals surface area contributed by atoms with Crippen LogP contribution in [0.2, 0.25) is 0 Å². The van der Waals surface area contributed by atoms with Crippen LogP contribution >= 0.6 is 0 Å². The largest absolute Gasteiger partial charge is 0.378 e. The van der Waals surface area contributed by atoms with Crippen LogP contribution in [0.15, 0.2) is 0 Å². The van der Waals surface area contributed by atoms with Gasteiger partial charge >= 0.3 is 0 Å². The molecule has 2 unspecified atom stereocenters. The molecule has 2 saturated heterocycles. The first-order valence-electron chi connectivity index (χ1n) is 4.93. The molecule has 0 amide bonds. The van der Waals surface area contributed by atoms with Gasteiger partial charge in [0.25, 0.3) is 0 Å². The van der Waals surface area contributed by atoms with Crippen LogP contribution in [-0.2, 0) is 4.74 Å². The van der Waals surface area contributed by atoms with Crippen LogP contribution in [0, 0.1) is 17.2 Å². The molecule has 0 spiro atoms. The lowest BCUT2D eigenvalue weighted by Crippen LogP contribution is -2.61. The maximum absolute atomic E-state index is 7.33. The topological polar surface area (TPSA) is 62.3 Å². The van der Waals surface area contributed by atoms with E-state index in [1.807, 2.05) is 11.8 Å². The van der Waals surface area contributed by atoms with Crippen molar-refractivity contribution in [1.29, 1.82) is 5.41 Å². The fraction of sp³-hybridized carbons (Fsp3) is 0.889. The number of ether oxygens (including phenoxy) is 1. The first kappa shape index (κ1) is 8.81. The quantitative estimate of drug-likeness (QED) is 0.476. The van der Waals surface area contributed by atoms with E-state index in [0.717, 1.165) is 19.7 Å². The highest BCUT2D eigenvalue weighted by Gasteiger charge is 2.47. The molecule has 2 atom stereocenters. The standard InChI is InChI=1S/C9H17N3O/c1-2-13-8-6-3-7(8)5-12(4-6)9(10)11/h6-8H,2-5H2,1H3,(H3,10,11). The normalized spacial score (nSPS) is 37.0. The Morgan fingerprint density at radius 2 is 2.15 bits per heavy atom. The zero-order chi connectivity index (χ0) is 9.42. The van der Waals surface area contributed by atoms with Gasteiger partial charge in [-0.2, -0.15) is 0 Å². The molecule has 74 valence electrons. The van der Waals surface area contributed by atoms with Gasteiger partial charge in [0.15, 0.2) is 5.96 Å². The van der Waals surface area contributed by atoms with Crippen LogP contribution in [0.1, 0.15) is 13.3 Å². The van der Waals surface area contributed by atoms with E-state index >= 15 is 0 Å². The van der Waals surface area contributed by atoms with Gasteiger partial charge in [-0.25, -0.2) is 0 Å². The maximum Gasteiger partial charge on any atom is 0.188 e. The summed E-state index contributed by atoms with van der Waals surface area (Å²) in [6.07, 6.45) is 1.70. The van der Waals surface area contributed by atoms with Gasteiger partial charge in [0.2, 0.25) is 0 Å². The molecule has 4 nitrogen and oxygen atoms in total. The number of fused-ring (bicyclic) bond motifs is 2. The van der Waals surface area contributed by atoms with Gasteiger partial charge in [-0.3, -0.25) is 5.41 Å². The summed E-state index contributed by atoms with van der Waals surface area (Å²) in [6, 6.07) is 0. The number of guanidine groups is 1. The molecule has 2 aliphatic heterocycles. The summed E-state index contributed by atoms with van der Waals surface area (Å²) in [5, 5.41) is 7.33. The third-order valence-electron chi connectivity index (χ3n) is 3.14. The summed E-state index contributed by atoms with van der Waals surface area (Å²) in [7, 11) is 0. The van der Waals surface area contributed by atoms with Crippen molar-refractivity contribution in [2.45, 2.75) is 19.4 Å². The molecular formula is C9H17N3O. The molecule has 1 aliphatic carbocycles. The van der Waals surface area contributed by atoms with Gasteiger partial charge in [0.1, 0.15) is 0 Å². The van der Waals surface area contributed by atoms with Gasteiger partial charge in [-0.15, -0.1) is 0 Å². The van der Waals surface area contributed by atoms with Crippen molar-refractivity contribution in [1.82, 2.24) is 4.90 Å². The molecule has 0 aromatic rings. The third kappa shape index (κ3) is 1.39. The Balaban J connectivity index is 1.90. The number of piperidine rings is 2. The molecule has 4 heteroatoms. The van der Waals surface area contributed by atoms with Gasteiger partial charge in [-0.1, -0.05) is 0 Å². The number of hydrogen-bond acceptors (Lipinski definition) is 2. The highest BCUT2D eigenvalue weighted by atomic mass is 16.5. The second-order valence-electron chi connectivity index (χ2n) is 3.97. The summed E-state index contributed by atoms with van der Waals surface area (Å²) in [5.41, 5.74) is 5.44. The molecule has 1 saturated carbocycles. The summed E-state index contributed by atoms with van der Waals surface area (Å²) < 4.78 is 5.63. The minimum Gasteiger partial charge on any atom is -0.378 e. The summed E-state index contributed by atoms with van der Waals surface area (Å²) in [4.78, 5) is 1.95. The van der Waals surface area contributed by atoms with Crippen molar-refractivity contribution in [2.75, 3.05) is 19.7 Å². The molecule has 3 rings (SSSR count). The zero-order valence-corrected chi connectivity index (χ0v) is 7.99. The second-order valence-corrected chi connectivity index (χ2v) is 3.97. The molecule has 3 N–H and O–H groups in total. The van der Waals surface area contributed by atoms with E-state index in [2.05, 4.69) is 0 Å². The van der Waals surface area contributed by atoms with Crippen LogP contribution in [-0.4, -0.2) is 36.7 Å². The highest BCUT2D eigenvalue weighted by molar-refractivity contribution is 5.74. The predicted octanol–water partition coefficient (Wildman–Crippen LogP) is 0.237. The zero-order valence-electron chi connectivity index (χ0n) is 7.99. The van der Waals surface area contributed by atoms with Crippen molar-refractivity contribution in [3.63, 3.8) is 0 Å². The lowest BCUT2D eigenvalue weighted by atomic mass is 9.68. The first-order chi connectivity index (χ1) is 6.22. The Kier molecular flexibility index (Phi) is 2.15. The smallest absolute Gasteiger partial charge is 0.188 e. The molecule has 3 aliphatic rings. The number of nitrogens with zero attached hydrogens (tertiary/aromatic N) is 1. The molecule has 2 heterocycles. The van der Waals surface area contributed by atoms with Crippen LogP contribution < -0.4 is 5.73 Å². The molecule has 0 aromatic heterocycles. The van der Waals surface area contributed by atoms with E-state index in [1.54, 1.807) is 0 Å². The molecular weight excluding hydrogens is 166 g/mol. The molecule has 3 fully saturated rings. The van der Waals surface area contributed by atoms with E-state index in [1.165, 1.54) is 6.42 Å². The molecule has 0 radical (unpaired) electrons. The van der Waals surface area contributed by atoms with Crippen LogP contribution in [0.4, 0.5) is 0 Å².